The molecule has 8 nitrogen and oxygen atoms in total. The van der Waals surface area contributed by atoms with E-state index in [1.165, 1.54) is 0 Å². The van der Waals surface area contributed by atoms with Gasteiger partial charge in [0.2, 0.25) is 0 Å². The topological polar surface area (TPSA) is 79.4 Å². The third-order valence-electron chi connectivity index (χ3n) is 4.57. The van der Waals surface area contributed by atoms with Crippen molar-refractivity contribution in [2.75, 3.05) is 50.1 Å². The van der Waals surface area contributed by atoms with Crippen molar-refractivity contribution in [3.8, 4) is 6.07 Å². The minimum atomic E-state index is 0.585. The summed E-state index contributed by atoms with van der Waals surface area (Å²) in [5.74, 6) is 0.998. The third-order valence-corrected chi connectivity index (χ3v) is 4.57. The fourth-order valence-electron chi connectivity index (χ4n) is 2.86. The zero-order valence-electron chi connectivity index (χ0n) is 20.2. The summed E-state index contributed by atoms with van der Waals surface area (Å²) in [5, 5.41) is 13.0. The fraction of sp³-hybridized carbons (Fsp3) is 0.609. The highest BCUT2D eigenvalue weighted by Crippen LogP contribution is 2.29. The molecule has 2 aromatic rings. The molecule has 1 aliphatic heterocycles. The number of rotatable bonds is 6. The molecule has 0 unspecified atom stereocenters. The molecule has 0 saturated carbocycles. The second-order valence-corrected chi connectivity index (χ2v) is 7.14. The van der Waals surface area contributed by atoms with Crippen LogP contribution in [0, 0.1) is 25.2 Å². The largest absolute Gasteiger partial charge is 0.381 e. The van der Waals surface area contributed by atoms with Gasteiger partial charge in [0.05, 0.1) is 11.8 Å². The maximum Gasteiger partial charge on any atom is 0.176 e. The molecule has 2 aromatic heterocycles. The van der Waals surface area contributed by atoms with Crippen LogP contribution in [0.1, 0.15) is 50.4 Å². The van der Waals surface area contributed by atoms with Gasteiger partial charge in [0.15, 0.2) is 5.82 Å². The summed E-state index contributed by atoms with van der Waals surface area (Å²) in [6.45, 7) is 13.7. The summed E-state index contributed by atoms with van der Waals surface area (Å²) >= 11 is 0. The lowest BCUT2D eigenvalue weighted by atomic mass is 10.2. The van der Waals surface area contributed by atoms with Gasteiger partial charge in [-0.05, 0) is 38.3 Å². The van der Waals surface area contributed by atoms with Gasteiger partial charge in [-0.15, -0.1) is 0 Å². The first-order valence-corrected chi connectivity index (χ1v) is 10.9. The Morgan fingerprint density at radius 2 is 1.94 bits per heavy atom. The molecule has 0 spiro atoms. The van der Waals surface area contributed by atoms with Crippen LogP contribution in [0.3, 0.4) is 0 Å². The number of hydrogen-bond donors (Lipinski definition) is 0. The van der Waals surface area contributed by atoms with Gasteiger partial charge in [-0.1, -0.05) is 20.8 Å². The van der Waals surface area contributed by atoms with E-state index in [2.05, 4.69) is 26.8 Å². The third kappa shape index (κ3) is 8.56. The number of aromatic nitrogens is 3. The van der Waals surface area contributed by atoms with Crippen molar-refractivity contribution in [1.29, 1.82) is 5.26 Å². The number of aryl methyl sites for hydroxylation is 3. The van der Waals surface area contributed by atoms with E-state index in [9.17, 15) is 0 Å². The van der Waals surface area contributed by atoms with Crippen LogP contribution in [0.5, 0.6) is 0 Å². The molecule has 0 amide bonds. The van der Waals surface area contributed by atoms with Crippen molar-refractivity contribution < 1.29 is 9.47 Å². The van der Waals surface area contributed by atoms with E-state index in [4.69, 9.17) is 14.7 Å². The Balaban J connectivity index is 0.000000337. The standard InChI is InChI=1S/C13H24N4O2.C8H8N2.C2H6/c1-4-7-18-8-5-6-17-11-19-10-15(2)12-9-16(3)14-13(12)17;1-6-3-8(4-9)5-10-7(6)2;1-2/h9H,4-8,10-11H2,1-3H3;3,5H,1-2H3;1-2H3. The Morgan fingerprint density at radius 1 is 1.19 bits per heavy atom. The van der Waals surface area contributed by atoms with E-state index in [0.29, 0.717) is 19.0 Å². The van der Waals surface area contributed by atoms with Gasteiger partial charge in [-0.3, -0.25) is 9.67 Å². The molecular formula is C23H38N6O2. The predicted molar refractivity (Wildman–Crippen MR) is 125 cm³/mol. The second kappa shape index (κ2) is 14.4. The molecule has 0 bridgehead atoms. The van der Waals surface area contributed by atoms with E-state index < -0.39 is 0 Å². The lowest BCUT2D eigenvalue weighted by molar-refractivity contribution is 0.123. The molecule has 3 heterocycles. The summed E-state index contributed by atoms with van der Waals surface area (Å²) in [5.41, 5.74) is 3.80. The van der Waals surface area contributed by atoms with E-state index >= 15 is 0 Å². The van der Waals surface area contributed by atoms with Crippen molar-refractivity contribution in [2.45, 2.75) is 47.5 Å². The van der Waals surface area contributed by atoms with E-state index in [-0.39, 0.29) is 0 Å². The number of anilines is 2. The van der Waals surface area contributed by atoms with Crippen LogP contribution in [-0.4, -0.2) is 55.0 Å². The maximum atomic E-state index is 8.46. The lowest BCUT2D eigenvalue weighted by Crippen LogP contribution is -2.28. The summed E-state index contributed by atoms with van der Waals surface area (Å²) < 4.78 is 13.0. The summed E-state index contributed by atoms with van der Waals surface area (Å²) in [6, 6.07) is 3.87. The van der Waals surface area contributed by atoms with Crippen LogP contribution in [0.15, 0.2) is 18.5 Å². The Bertz CT molecular complexity index is 815. The van der Waals surface area contributed by atoms with Crippen LogP contribution in [0.2, 0.25) is 0 Å². The van der Waals surface area contributed by atoms with E-state index in [1.54, 1.807) is 6.20 Å². The first kappa shape index (κ1) is 26.4. The highest BCUT2D eigenvalue weighted by atomic mass is 16.5. The van der Waals surface area contributed by atoms with Gasteiger partial charge in [0.25, 0.3) is 0 Å². The summed E-state index contributed by atoms with van der Waals surface area (Å²) in [4.78, 5) is 8.28. The van der Waals surface area contributed by atoms with Crippen LogP contribution in [0.25, 0.3) is 0 Å². The summed E-state index contributed by atoms with van der Waals surface area (Å²) in [7, 11) is 3.97. The molecular weight excluding hydrogens is 392 g/mol. The van der Waals surface area contributed by atoms with E-state index in [1.807, 2.05) is 64.8 Å². The number of pyridine rings is 1. The van der Waals surface area contributed by atoms with Gasteiger partial charge < -0.3 is 19.3 Å². The van der Waals surface area contributed by atoms with Crippen molar-refractivity contribution in [2.24, 2.45) is 7.05 Å². The Kier molecular flexibility index (Phi) is 12.3. The van der Waals surface area contributed by atoms with Gasteiger partial charge in [-0.2, -0.15) is 10.4 Å². The Morgan fingerprint density at radius 3 is 2.58 bits per heavy atom. The van der Waals surface area contributed by atoms with Crippen molar-refractivity contribution in [1.82, 2.24) is 14.8 Å². The molecule has 0 atom stereocenters. The molecule has 172 valence electrons. The first-order chi connectivity index (χ1) is 15.0. The zero-order chi connectivity index (χ0) is 23.2. The predicted octanol–water partition coefficient (Wildman–Crippen LogP) is 4.02. The molecule has 0 saturated heterocycles. The number of ether oxygens (including phenoxy) is 2. The molecule has 3 rings (SSSR count). The monoisotopic (exact) mass is 430 g/mol. The van der Waals surface area contributed by atoms with Crippen LogP contribution in [0.4, 0.5) is 11.5 Å². The Hall–Kier alpha value is -2.63. The highest BCUT2D eigenvalue weighted by Gasteiger charge is 2.21. The molecule has 1 aliphatic rings. The van der Waals surface area contributed by atoms with Crippen LogP contribution < -0.4 is 9.80 Å². The van der Waals surface area contributed by atoms with Gasteiger partial charge in [-0.25, -0.2) is 0 Å². The van der Waals surface area contributed by atoms with Gasteiger partial charge in [0.1, 0.15) is 25.2 Å². The molecule has 0 fully saturated rings. The number of nitrogens with zero attached hydrogens (tertiary/aromatic N) is 6. The van der Waals surface area contributed by atoms with Crippen molar-refractivity contribution >= 4 is 11.5 Å². The average molecular weight is 431 g/mol. The smallest absolute Gasteiger partial charge is 0.176 e. The van der Waals surface area contributed by atoms with Crippen molar-refractivity contribution in [3.05, 3.63) is 35.3 Å². The van der Waals surface area contributed by atoms with Gasteiger partial charge in [0, 0.05) is 45.7 Å². The number of fused-ring (bicyclic) bond motifs is 1. The van der Waals surface area contributed by atoms with Crippen LogP contribution in [-0.2, 0) is 16.5 Å². The lowest BCUT2D eigenvalue weighted by Gasteiger charge is -2.20. The second-order valence-electron chi connectivity index (χ2n) is 7.14. The average Bonchev–Trinajstić information content (AvgIpc) is 3.11. The fourth-order valence-corrected chi connectivity index (χ4v) is 2.86. The molecule has 31 heavy (non-hydrogen) atoms. The SMILES string of the molecule is CC.CCCOCCCN1COCN(C)c2cn(C)nc21.Cc1cc(C#N)cnc1C. The maximum absolute atomic E-state index is 8.46. The van der Waals surface area contributed by atoms with E-state index in [0.717, 1.165) is 55.4 Å². The number of nitriles is 1. The Labute approximate surface area is 187 Å². The molecule has 8 heteroatoms. The molecule has 0 aliphatic carbocycles. The minimum Gasteiger partial charge on any atom is -0.381 e. The van der Waals surface area contributed by atoms with Crippen molar-refractivity contribution in [3.63, 3.8) is 0 Å². The quantitative estimate of drug-likeness (QED) is 0.640. The first-order valence-electron chi connectivity index (χ1n) is 10.9. The molecule has 0 N–H and O–H groups in total. The molecule has 0 radical (unpaired) electrons. The molecule has 0 aromatic carbocycles. The highest BCUT2D eigenvalue weighted by molar-refractivity contribution is 5.66. The van der Waals surface area contributed by atoms with Crippen LogP contribution >= 0.6 is 0 Å². The normalized spacial score (nSPS) is 12.6. The van der Waals surface area contributed by atoms with Gasteiger partial charge >= 0.3 is 0 Å². The minimum absolute atomic E-state index is 0.585. The number of hydrogen-bond acceptors (Lipinski definition) is 7. The summed E-state index contributed by atoms with van der Waals surface area (Å²) in [6.07, 6.45) is 5.68. The zero-order valence-corrected chi connectivity index (χ0v) is 20.2.